The van der Waals surface area contributed by atoms with Crippen molar-refractivity contribution in [1.29, 1.82) is 0 Å². The quantitative estimate of drug-likeness (QED) is 0.235. The maximum atomic E-state index is 13.0. The minimum Gasteiger partial charge on any atom is -0.477 e. The third-order valence-electron chi connectivity index (χ3n) is 6.85. The monoisotopic (exact) mass is 465 g/mol. The Labute approximate surface area is 191 Å². The van der Waals surface area contributed by atoms with E-state index in [0.29, 0.717) is 36.8 Å². The number of likely N-dealkylation sites (tertiary alicyclic amines) is 1. The summed E-state index contributed by atoms with van der Waals surface area (Å²) in [4.78, 5) is 45.6. The average molecular weight is 466 g/mol. The Morgan fingerprint density at radius 1 is 1.38 bits per heavy atom. The molecule has 3 saturated heterocycles. The van der Waals surface area contributed by atoms with Gasteiger partial charge in [-0.1, -0.05) is 6.92 Å². The fraction of sp³-hybridized carbons (Fsp3) is 0.714. The lowest BCUT2D eigenvalue weighted by molar-refractivity contribution is -0.163. The molecule has 0 bridgehead atoms. The lowest BCUT2D eigenvalue weighted by Gasteiger charge is -2.46. The number of amides is 2. The van der Waals surface area contributed by atoms with Crippen molar-refractivity contribution in [2.45, 2.75) is 63.1 Å². The van der Waals surface area contributed by atoms with Crippen LogP contribution < -0.4 is 11.1 Å². The molecule has 0 aromatic rings. The van der Waals surface area contributed by atoms with Gasteiger partial charge in [-0.3, -0.25) is 14.6 Å². The molecule has 4 heterocycles. The maximum absolute atomic E-state index is 13.0. The molecule has 0 radical (unpaired) electrons. The highest BCUT2D eigenvalue weighted by Crippen LogP contribution is 2.51. The summed E-state index contributed by atoms with van der Waals surface area (Å²) in [5, 5.41) is 23.1. The minimum atomic E-state index is -1.13. The molecule has 11 heteroatoms. The van der Waals surface area contributed by atoms with Crippen molar-refractivity contribution in [2.24, 2.45) is 22.6 Å². The van der Waals surface area contributed by atoms with Crippen molar-refractivity contribution < 1.29 is 24.6 Å². The molecule has 5 N–H and O–H groups in total. The van der Waals surface area contributed by atoms with Gasteiger partial charge in [0.05, 0.1) is 36.0 Å². The zero-order chi connectivity index (χ0) is 23.3. The highest BCUT2D eigenvalue weighted by molar-refractivity contribution is 8.03. The first-order chi connectivity index (χ1) is 15.1. The zero-order valence-corrected chi connectivity index (χ0v) is 19.3. The number of rotatable bonds is 6. The van der Waals surface area contributed by atoms with E-state index in [1.54, 1.807) is 13.8 Å². The van der Waals surface area contributed by atoms with E-state index >= 15 is 0 Å². The van der Waals surface area contributed by atoms with Gasteiger partial charge in [-0.15, -0.1) is 11.8 Å². The predicted molar refractivity (Wildman–Crippen MR) is 120 cm³/mol. The van der Waals surface area contributed by atoms with Gasteiger partial charge in [0.25, 0.3) is 0 Å². The van der Waals surface area contributed by atoms with Crippen LogP contribution in [0, 0.1) is 11.8 Å². The molecule has 0 aliphatic carbocycles. The van der Waals surface area contributed by atoms with Gasteiger partial charge < -0.3 is 31.1 Å². The average Bonchev–Trinajstić information content (AvgIpc) is 3.40. The van der Waals surface area contributed by atoms with Gasteiger partial charge in [-0.05, 0) is 26.7 Å². The van der Waals surface area contributed by atoms with E-state index in [4.69, 9.17) is 5.73 Å². The van der Waals surface area contributed by atoms with Crippen molar-refractivity contribution >= 4 is 35.4 Å². The molecule has 0 aromatic heterocycles. The van der Waals surface area contributed by atoms with Crippen LogP contribution in [0.5, 0.6) is 0 Å². The van der Waals surface area contributed by atoms with Crippen LogP contribution in [0.4, 0.5) is 0 Å². The molecule has 4 aliphatic rings. The van der Waals surface area contributed by atoms with Crippen LogP contribution >= 0.6 is 11.8 Å². The molecule has 0 aromatic carbocycles. The van der Waals surface area contributed by atoms with Crippen LogP contribution in [0.2, 0.25) is 0 Å². The lowest BCUT2D eigenvalue weighted by Crippen LogP contribution is -2.63. The second-order valence-corrected chi connectivity index (χ2v) is 10.5. The molecule has 0 spiro atoms. The van der Waals surface area contributed by atoms with Crippen LogP contribution in [0.25, 0.3) is 0 Å². The van der Waals surface area contributed by atoms with Crippen molar-refractivity contribution in [1.82, 2.24) is 15.1 Å². The smallest absolute Gasteiger partial charge is 0.353 e. The SMILES string of the molecule is CC(N)=NC1CCN(C(=O)C2CC(SC3=C(C(=O)O)N4C(=O)C(C(C)O)[C@@H]4C3C)CN2)C1. The number of nitrogens with zero attached hydrogens (tertiary/aromatic N) is 3. The molecule has 10 nitrogen and oxygen atoms in total. The van der Waals surface area contributed by atoms with Gasteiger partial charge in [0.2, 0.25) is 11.8 Å². The van der Waals surface area contributed by atoms with Gasteiger partial charge in [0.1, 0.15) is 5.70 Å². The van der Waals surface area contributed by atoms with Crippen LogP contribution in [0.3, 0.4) is 0 Å². The number of aliphatic carboxylic acids is 1. The number of aliphatic hydroxyl groups is 1. The van der Waals surface area contributed by atoms with E-state index in [0.717, 1.165) is 6.42 Å². The predicted octanol–water partition coefficient (Wildman–Crippen LogP) is -0.418. The fourth-order valence-electron chi connectivity index (χ4n) is 5.40. The van der Waals surface area contributed by atoms with Crippen molar-refractivity contribution in [3.8, 4) is 0 Å². The number of hydrogen-bond acceptors (Lipinski definition) is 7. The second kappa shape index (κ2) is 8.68. The maximum Gasteiger partial charge on any atom is 0.353 e. The number of carbonyl (C=O) groups excluding carboxylic acids is 2. The number of amidine groups is 1. The first kappa shape index (κ1) is 23.1. The van der Waals surface area contributed by atoms with Crippen molar-refractivity contribution in [3.05, 3.63) is 10.6 Å². The molecule has 6 unspecified atom stereocenters. The molecule has 7 atom stereocenters. The number of hydrogen-bond donors (Lipinski definition) is 4. The summed E-state index contributed by atoms with van der Waals surface area (Å²) in [6.45, 7) is 7.02. The van der Waals surface area contributed by atoms with Crippen LogP contribution in [0.1, 0.15) is 33.6 Å². The number of aliphatic hydroxyl groups excluding tert-OH is 1. The highest BCUT2D eigenvalue weighted by atomic mass is 32.2. The Bertz CT molecular complexity index is 886. The largest absolute Gasteiger partial charge is 0.477 e. The van der Waals surface area contributed by atoms with E-state index in [1.807, 2.05) is 11.8 Å². The second-order valence-electron chi connectivity index (χ2n) is 9.21. The summed E-state index contributed by atoms with van der Waals surface area (Å²) < 4.78 is 0. The van der Waals surface area contributed by atoms with Gasteiger partial charge in [0.15, 0.2) is 0 Å². The number of nitrogens with two attached hydrogens (primary N) is 1. The number of fused-ring (bicyclic) bond motifs is 1. The number of nitrogens with one attached hydrogen (secondary N) is 1. The van der Waals surface area contributed by atoms with E-state index < -0.39 is 18.0 Å². The number of aliphatic imine (C=N–C) groups is 1. The zero-order valence-electron chi connectivity index (χ0n) is 18.5. The summed E-state index contributed by atoms with van der Waals surface area (Å²) in [7, 11) is 0. The number of carbonyl (C=O) groups is 3. The summed E-state index contributed by atoms with van der Waals surface area (Å²) in [6.07, 6.45) is 0.566. The van der Waals surface area contributed by atoms with Crippen molar-refractivity contribution in [2.75, 3.05) is 19.6 Å². The summed E-state index contributed by atoms with van der Waals surface area (Å²) >= 11 is 1.45. The molecule has 2 amide bonds. The van der Waals surface area contributed by atoms with Crippen LogP contribution in [-0.2, 0) is 14.4 Å². The Hall–Kier alpha value is -2.11. The Morgan fingerprint density at radius 3 is 2.72 bits per heavy atom. The van der Waals surface area contributed by atoms with Gasteiger partial charge in [-0.25, -0.2) is 4.79 Å². The first-order valence-electron chi connectivity index (χ1n) is 11.1. The minimum absolute atomic E-state index is 0.0252. The Morgan fingerprint density at radius 2 is 2.09 bits per heavy atom. The number of carboxylic acids is 1. The molecular formula is C21H31N5O5S. The third kappa shape index (κ3) is 3.90. The van der Waals surface area contributed by atoms with E-state index in [-0.39, 0.29) is 46.8 Å². The summed E-state index contributed by atoms with van der Waals surface area (Å²) in [6, 6.07) is -0.596. The summed E-state index contributed by atoms with van der Waals surface area (Å²) in [5.74, 6) is -1.64. The van der Waals surface area contributed by atoms with Crippen molar-refractivity contribution in [3.63, 3.8) is 0 Å². The Kier molecular flexibility index (Phi) is 6.25. The lowest BCUT2D eigenvalue weighted by atomic mass is 9.79. The normalized spacial score (nSPS) is 35.9. The first-order valence-corrected chi connectivity index (χ1v) is 11.9. The Balaban J connectivity index is 1.41. The number of thioether (sulfide) groups is 1. The number of carboxylic acid groups (broad SMARTS) is 1. The molecule has 0 saturated carbocycles. The van der Waals surface area contributed by atoms with Gasteiger partial charge in [-0.2, -0.15) is 0 Å². The van der Waals surface area contributed by atoms with E-state index in [2.05, 4.69) is 10.3 Å². The van der Waals surface area contributed by atoms with Crippen LogP contribution in [-0.4, -0.2) is 92.7 Å². The highest BCUT2D eigenvalue weighted by Gasteiger charge is 2.60. The molecule has 3 fully saturated rings. The van der Waals surface area contributed by atoms with Gasteiger partial charge in [0, 0.05) is 35.7 Å². The number of β-lactam (4-membered cyclic amide) rings is 1. The molecular weight excluding hydrogens is 434 g/mol. The van der Waals surface area contributed by atoms with Crippen LogP contribution in [0.15, 0.2) is 15.6 Å². The molecule has 4 rings (SSSR count). The molecule has 176 valence electrons. The standard InChI is InChI=1S/C21H31N5O5S/c1-9-16-15(10(2)27)20(29)26(16)17(21(30)31)18(9)32-13-6-14(23-7-13)19(28)25-5-4-12(8-25)24-11(3)22/h9-10,12-16,23,27H,4-8H2,1-3H3,(H2,22,24)(H,30,31)/t9?,10?,12?,13?,14?,15?,16-/m0/s1. The van der Waals surface area contributed by atoms with E-state index in [1.165, 1.54) is 16.7 Å². The fourth-order valence-corrected chi connectivity index (χ4v) is 6.87. The molecule has 32 heavy (non-hydrogen) atoms. The molecule has 4 aliphatic heterocycles. The van der Waals surface area contributed by atoms with Gasteiger partial charge >= 0.3 is 5.97 Å². The third-order valence-corrected chi connectivity index (χ3v) is 8.37. The van der Waals surface area contributed by atoms with E-state index in [9.17, 15) is 24.6 Å². The summed E-state index contributed by atoms with van der Waals surface area (Å²) in [5.41, 5.74) is 5.69. The topological polar surface area (TPSA) is 149 Å².